The molecule has 0 amide bonds. The number of nitrogens with two attached hydrogens (primary N) is 1. The van der Waals surface area contributed by atoms with Gasteiger partial charge in [0.15, 0.2) is 5.82 Å². The SMILES string of the molecule is Nc1nc(Cc2ccc(Cl)cc2)nc(-c2ccccc2)n1. The Morgan fingerprint density at radius 1 is 0.857 bits per heavy atom. The molecule has 0 aliphatic carbocycles. The quantitative estimate of drug-likeness (QED) is 0.805. The Kier molecular flexibility index (Phi) is 3.79. The number of rotatable bonds is 3. The van der Waals surface area contributed by atoms with E-state index in [4.69, 9.17) is 17.3 Å². The van der Waals surface area contributed by atoms with Gasteiger partial charge in [0.1, 0.15) is 5.82 Å². The molecule has 0 saturated heterocycles. The molecule has 0 saturated carbocycles. The molecule has 3 aromatic rings. The molecule has 1 heterocycles. The first-order valence-electron chi connectivity index (χ1n) is 6.51. The second-order valence-corrected chi connectivity index (χ2v) is 5.04. The van der Waals surface area contributed by atoms with Gasteiger partial charge < -0.3 is 5.73 Å². The maximum Gasteiger partial charge on any atom is 0.223 e. The van der Waals surface area contributed by atoms with Crippen molar-refractivity contribution >= 4 is 17.5 Å². The van der Waals surface area contributed by atoms with Crippen molar-refractivity contribution in [1.29, 1.82) is 0 Å². The maximum absolute atomic E-state index is 5.88. The second kappa shape index (κ2) is 5.89. The van der Waals surface area contributed by atoms with Gasteiger partial charge in [0.25, 0.3) is 0 Å². The zero-order chi connectivity index (χ0) is 14.7. The van der Waals surface area contributed by atoms with Crippen LogP contribution in [-0.4, -0.2) is 15.0 Å². The summed E-state index contributed by atoms with van der Waals surface area (Å²) in [4.78, 5) is 12.9. The van der Waals surface area contributed by atoms with E-state index in [2.05, 4.69) is 15.0 Å². The number of halogens is 1. The minimum absolute atomic E-state index is 0.229. The van der Waals surface area contributed by atoms with Gasteiger partial charge in [0.05, 0.1) is 0 Å². The molecule has 0 atom stereocenters. The van der Waals surface area contributed by atoms with Crippen molar-refractivity contribution in [2.45, 2.75) is 6.42 Å². The van der Waals surface area contributed by atoms with Crippen LogP contribution in [0.5, 0.6) is 0 Å². The van der Waals surface area contributed by atoms with Crippen LogP contribution in [0.25, 0.3) is 11.4 Å². The highest BCUT2D eigenvalue weighted by Gasteiger charge is 2.07. The normalized spacial score (nSPS) is 10.5. The Morgan fingerprint density at radius 2 is 1.57 bits per heavy atom. The first-order valence-corrected chi connectivity index (χ1v) is 6.89. The zero-order valence-electron chi connectivity index (χ0n) is 11.2. The van der Waals surface area contributed by atoms with E-state index in [0.29, 0.717) is 23.1 Å². The first-order chi connectivity index (χ1) is 10.2. The Labute approximate surface area is 127 Å². The molecule has 3 rings (SSSR count). The maximum atomic E-state index is 5.88. The van der Waals surface area contributed by atoms with Crippen molar-refractivity contribution < 1.29 is 0 Å². The average molecular weight is 297 g/mol. The van der Waals surface area contributed by atoms with E-state index < -0.39 is 0 Å². The van der Waals surface area contributed by atoms with Gasteiger partial charge in [-0.1, -0.05) is 54.1 Å². The minimum Gasteiger partial charge on any atom is -0.368 e. The van der Waals surface area contributed by atoms with E-state index >= 15 is 0 Å². The Bertz CT molecular complexity index is 742. The zero-order valence-corrected chi connectivity index (χ0v) is 12.0. The minimum atomic E-state index is 0.229. The lowest BCUT2D eigenvalue weighted by molar-refractivity contribution is 0.936. The fourth-order valence-electron chi connectivity index (χ4n) is 2.02. The number of anilines is 1. The molecule has 0 aliphatic heterocycles. The molecule has 2 N–H and O–H groups in total. The predicted octanol–water partition coefficient (Wildman–Crippen LogP) is 3.37. The van der Waals surface area contributed by atoms with E-state index in [-0.39, 0.29) is 5.95 Å². The lowest BCUT2D eigenvalue weighted by Crippen LogP contribution is -2.05. The standard InChI is InChI=1S/C16H13ClN4/c17-13-8-6-11(7-9-13)10-14-19-15(21-16(18)20-14)12-4-2-1-3-5-12/h1-9H,10H2,(H2,18,19,20,21). The molecule has 0 bridgehead atoms. The van der Waals surface area contributed by atoms with Crippen LogP contribution >= 0.6 is 11.6 Å². The van der Waals surface area contributed by atoms with Crippen molar-refractivity contribution in [2.75, 3.05) is 5.73 Å². The van der Waals surface area contributed by atoms with Gasteiger partial charge in [-0.2, -0.15) is 9.97 Å². The largest absolute Gasteiger partial charge is 0.368 e. The van der Waals surface area contributed by atoms with Crippen molar-refractivity contribution in [1.82, 2.24) is 15.0 Å². The fraction of sp³-hybridized carbons (Fsp3) is 0.0625. The van der Waals surface area contributed by atoms with Gasteiger partial charge in [-0.05, 0) is 17.7 Å². The molecule has 104 valence electrons. The summed E-state index contributed by atoms with van der Waals surface area (Å²) >= 11 is 5.88. The van der Waals surface area contributed by atoms with Crippen molar-refractivity contribution in [3.05, 3.63) is 71.0 Å². The van der Waals surface area contributed by atoms with Gasteiger partial charge in [0, 0.05) is 17.0 Å². The summed E-state index contributed by atoms with van der Waals surface area (Å²) in [5, 5.41) is 0.707. The third kappa shape index (κ3) is 3.35. The van der Waals surface area contributed by atoms with Crippen LogP contribution in [0, 0.1) is 0 Å². The van der Waals surface area contributed by atoms with Crippen LogP contribution < -0.4 is 5.73 Å². The lowest BCUT2D eigenvalue weighted by Gasteiger charge is -2.05. The Balaban J connectivity index is 1.93. The van der Waals surface area contributed by atoms with Crippen molar-refractivity contribution in [2.24, 2.45) is 0 Å². The molecule has 0 aliphatic rings. The van der Waals surface area contributed by atoms with Gasteiger partial charge in [-0.3, -0.25) is 0 Å². The summed E-state index contributed by atoms with van der Waals surface area (Å²) in [6, 6.07) is 17.3. The highest BCUT2D eigenvalue weighted by Crippen LogP contribution is 2.17. The Hall–Kier alpha value is -2.46. The molecular formula is C16H13ClN4. The lowest BCUT2D eigenvalue weighted by atomic mass is 10.1. The van der Waals surface area contributed by atoms with Crippen LogP contribution in [0.1, 0.15) is 11.4 Å². The van der Waals surface area contributed by atoms with Crippen LogP contribution in [0.15, 0.2) is 54.6 Å². The number of aromatic nitrogens is 3. The van der Waals surface area contributed by atoms with E-state index in [1.807, 2.05) is 54.6 Å². The van der Waals surface area contributed by atoms with Crippen LogP contribution in [-0.2, 0) is 6.42 Å². The van der Waals surface area contributed by atoms with Gasteiger partial charge in [0.2, 0.25) is 5.95 Å². The molecule has 0 fully saturated rings. The highest BCUT2D eigenvalue weighted by molar-refractivity contribution is 6.30. The first kappa shape index (κ1) is 13.5. The predicted molar refractivity (Wildman–Crippen MR) is 83.9 cm³/mol. The van der Waals surface area contributed by atoms with Crippen LogP contribution in [0.4, 0.5) is 5.95 Å². The summed E-state index contributed by atoms with van der Waals surface area (Å²) in [5.41, 5.74) is 7.78. The highest BCUT2D eigenvalue weighted by atomic mass is 35.5. The molecule has 2 aromatic carbocycles. The monoisotopic (exact) mass is 296 g/mol. The molecule has 0 radical (unpaired) electrons. The number of benzene rings is 2. The molecular weight excluding hydrogens is 284 g/mol. The third-order valence-electron chi connectivity index (χ3n) is 3.01. The summed E-state index contributed by atoms with van der Waals surface area (Å²) in [7, 11) is 0. The molecule has 1 aromatic heterocycles. The summed E-state index contributed by atoms with van der Waals surface area (Å²) in [5.74, 6) is 1.46. The van der Waals surface area contributed by atoms with Crippen LogP contribution in [0.3, 0.4) is 0 Å². The van der Waals surface area contributed by atoms with Gasteiger partial charge in [-0.15, -0.1) is 0 Å². The van der Waals surface area contributed by atoms with E-state index in [1.54, 1.807) is 0 Å². The molecule has 0 unspecified atom stereocenters. The molecule has 21 heavy (non-hydrogen) atoms. The van der Waals surface area contributed by atoms with Crippen LogP contribution in [0.2, 0.25) is 5.02 Å². The average Bonchev–Trinajstić information content (AvgIpc) is 2.50. The van der Waals surface area contributed by atoms with Gasteiger partial charge >= 0.3 is 0 Å². The number of nitrogens with zero attached hydrogens (tertiary/aromatic N) is 3. The summed E-state index contributed by atoms with van der Waals surface area (Å²) in [6.45, 7) is 0. The summed E-state index contributed by atoms with van der Waals surface area (Å²) in [6.07, 6.45) is 0.587. The second-order valence-electron chi connectivity index (χ2n) is 4.60. The Morgan fingerprint density at radius 3 is 2.29 bits per heavy atom. The van der Waals surface area contributed by atoms with E-state index in [1.165, 1.54) is 0 Å². The number of hydrogen-bond donors (Lipinski definition) is 1. The van der Waals surface area contributed by atoms with E-state index in [0.717, 1.165) is 11.1 Å². The molecule has 4 nitrogen and oxygen atoms in total. The van der Waals surface area contributed by atoms with Crippen molar-refractivity contribution in [3.63, 3.8) is 0 Å². The number of hydrogen-bond acceptors (Lipinski definition) is 4. The smallest absolute Gasteiger partial charge is 0.223 e. The van der Waals surface area contributed by atoms with Crippen molar-refractivity contribution in [3.8, 4) is 11.4 Å². The molecule has 5 heteroatoms. The molecule has 0 spiro atoms. The third-order valence-corrected chi connectivity index (χ3v) is 3.26. The van der Waals surface area contributed by atoms with E-state index in [9.17, 15) is 0 Å². The van der Waals surface area contributed by atoms with Gasteiger partial charge in [-0.25, -0.2) is 4.98 Å². The fourth-order valence-corrected chi connectivity index (χ4v) is 2.14. The number of nitrogen functional groups attached to an aromatic ring is 1. The topological polar surface area (TPSA) is 64.7 Å². The summed E-state index contributed by atoms with van der Waals surface area (Å²) < 4.78 is 0.